The van der Waals surface area contributed by atoms with Crippen LogP contribution in [0, 0.1) is 5.82 Å². The lowest BCUT2D eigenvalue weighted by Gasteiger charge is -2.06. The van der Waals surface area contributed by atoms with Gasteiger partial charge < -0.3 is 0 Å². The van der Waals surface area contributed by atoms with Crippen molar-refractivity contribution in [1.29, 1.82) is 0 Å². The van der Waals surface area contributed by atoms with E-state index in [0.717, 1.165) is 10.8 Å². The molecule has 3 aromatic rings. The zero-order valence-corrected chi connectivity index (χ0v) is 10.7. The maximum absolute atomic E-state index is 13.6. The fraction of sp³-hybridized carbons (Fsp3) is 0.0588. The zero-order chi connectivity index (χ0) is 13.9. The lowest BCUT2D eigenvalue weighted by atomic mass is 9.98. The summed E-state index contributed by atoms with van der Waals surface area (Å²) < 4.78 is 13.6. The molecule has 98 valence electrons. The van der Waals surface area contributed by atoms with Crippen molar-refractivity contribution < 1.29 is 9.18 Å². The summed E-state index contributed by atoms with van der Waals surface area (Å²) in [5.74, 6) is -0.451. The molecule has 0 amide bonds. The van der Waals surface area contributed by atoms with Crippen LogP contribution in [0.15, 0.2) is 60.9 Å². The average Bonchev–Trinajstić information content (AvgIpc) is 2.49. The summed E-state index contributed by atoms with van der Waals surface area (Å²) in [5, 5.41) is 1.76. The van der Waals surface area contributed by atoms with Crippen LogP contribution in [0.2, 0.25) is 0 Å². The molecule has 0 radical (unpaired) electrons. The molecule has 0 saturated heterocycles. The highest BCUT2D eigenvalue weighted by atomic mass is 19.1. The molecule has 0 atom stereocenters. The van der Waals surface area contributed by atoms with Gasteiger partial charge >= 0.3 is 0 Å². The molecule has 0 bridgehead atoms. The molecule has 0 fully saturated rings. The first-order valence-corrected chi connectivity index (χ1v) is 6.35. The van der Waals surface area contributed by atoms with Gasteiger partial charge in [0, 0.05) is 29.8 Å². The van der Waals surface area contributed by atoms with Crippen molar-refractivity contribution in [3.8, 4) is 0 Å². The molecule has 2 aromatic carbocycles. The molecule has 0 N–H and O–H groups in total. The number of nitrogens with zero attached hydrogens (tertiary/aromatic N) is 1. The highest BCUT2D eigenvalue weighted by Crippen LogP contribution is 2.20. The third kappa shape index (κ3) is 2.30. The van der Waals surface area contributed by atoms with Gasteiger partial charge in [0.1, 0.15) is 5.82 Å². The van der Waals surface area contributed by atoms with Gasteiger partial charge in [-0.3, -0.25) is 9.78 Å². The number of carbonyl (C=O) groups excluding carboxylic acids is 1. The van der Waals surface area contributed by atoms with E-state index >= 15 is 0 Å². The van der Waals surface area contributed by atoms with Crippen LogP contribution >= 0.6 is 0 Å². The summed E-state index contributed by atoms with van der Waals surface area (Å²) in [7, 11) is 0. The molecule has 3 rings (SSSR count). The summed E-state index contributed by atoms with van der Waals surface area (Å²) in [6, 6.07) is 13.7. The van der Waals surface area contributed by atoms with Crippen LogP contribution in [0.25, 0.3) is 10.8 Å². The Bertz CT molecular complexity index is 777. The monoisotopic (exact) mass is 265 g/mol. The Morgan fingerprint density at radius 2 is 1.90 bits per heavy atom. The maximum atomic E-state index is 13.6. The second kappa shape index (κ2) is 5.21. The largest absolute Gasteiger partial charge is 0.294 e. The molecule has 20 heavy (non-hydrogen) atoms. The average molecular weight is 265 g/mol. The lowest BCUT2D eigenvalue weighted by Crippen LogP contribution is -2.06. The Morgan fingerprint density at radius 1 is 1.05 bits per heavy atom. The molecule has 3 heteroatoms. The Balaban J connectivity index is 1.99. The molecule has 0 spiro atoms. The van der Waals surface area contributed by atoms with E-state index in [9.17, 15) is 9.18 Å². The molecule has 2 nitrogen and oxygen atoms in total. The first kappa shape index (κ1) is 12.5. The van der Waals surface area contributed by atoms with Crippen LogP contribution in [0.5, 0.6) is 0 Å². The van der Waals surface area contributed by atoms with E-state index in [1.807, 2.05) is 18.2 Å². The minimum Gasteiger partial charge on any atom is -0.294 e. The fourth-order valence-electron chi connectivity index (χ4n) is 2.27. The Labute approximate surface area is 115 Å². The van der Waals surface area contributed by atoms with Gasteiger partial charge in [0.15, 0.2) is 5.78 Å². The minimum atomic E-state index is -0.348. The number of fused-ring (bicyclic) bond motifs is 1. The second-order valence-corrected chi connectivity index (χ2v) is 4.59. The normalized spacial score (nSPS) is 10.7. The van der Waals surface area contributed by atoms with E-state index in [1.165, 1.54) is 6.07 Å². The molecule has 0 saturated carbocycles. The summed E-state index contributed by atoms with van der Waals surface area (Å²) in [5.41, 5.74) is 0.997. The third-order valence-electron chi connectivity index (χ3n) is 3.29. The van der Waals surface area contributed by atoms with E-state index in [-0.39, 0.29) is 18.0 Å². The third-order valence-corrected chi connectivity index (χ3v) is 3.29. The molecule has 0 aliphatic carbocycles. The van der Waals surface area contributed by atoms with E-state index in [0.29, 0.717) is 11.1 Å². The first-order chi connectivity index (χ1) is 9.75. The number of benzene rings is 2. The number of aromatic nitrogens is 1. The van der Waals surface area contributed by atoms with Crippen LogP contribution in [0.1, 0.15) is 15.9 Å². The number of rotatable bonds is 3. The van der Waals surface area contributed by atoms with Gasteiger partial charge in [-0.1, -0.05) is 36.4 Å². The summed E-state index contributed by atoms with van der Waals surface area (Å²) in [6.45, 7) is 0. The predicted octanol–water partition coefficient (Wildman–Crippen LogP) is 3.80. The fourth-order valence-corrected chi connectivity index (χ4v) is 2.27. The summed E-state index contributed by atoms with van der Waals surface area (Å²) >= 11 is 0. The van der Waals surface area contributed by atoms with Crippen LogP contribution < -0.4 is 0 Å². The highest BCUT2D eigenvalue weighted by molar-refractivity contribution is 6.08. The second-order valence-electron chi connectivity index (χ2n) is 4.59. The van der Waals surface area contributed by atoms with Gasteiger partial charge in [0.05, 0.1) is 0 Å². The van der Waals surface area contributed by atoms with E-state index in [1.54, 1.807) is 36.7 Å². The van der Waals surface area contributed by atoms with Gasteiger partial charge in [-0.2, -0.15) is 0 Å². The molecule has 0 aliphatic heterocycles. The van der Waals surface area contributed by atoms with Crippen molar-refractivity contribution >= 4 is 16.6 Å². The van der Waals surface area contributed by atoms with Crippen molar-refractivity contribution in [2.45, 2.75) is 6.42 Å². The van der Waals surface area contributed by atoms with Crippen molar-refractivity contribution in [2.75, 3.05) is 0 Å². The minimum absolute atomic E-state index is 0.0562. The van der Waals surface area contributed by atoms with Crippen LogP contribution in [-0.4, -0.2) is 10.8 Å². The molecule has 0 aliphatic rings. The maximum Gasteiger partial charge on any atom is 0.168 e. The van der Waals surface area contributed by atoms with Gasteiger partial charge in [-0.05, 0) is 23.1 Å². The first-order valence-electron chi connectivity index (χ1n) is 6.35. The Hall–Kier alpha value is -2.55. The quantitative estimate of drug-likeness (QED) is 0.674. The summed E-state index contributed by atoms with van der Waals surface area (Å²) in [4.78, 5) is 16.4. The van der Waals surface area contributed by atoms with Gasteiger partial charge in [0.25, 0.3) is 0 Å². The molecule has 1 aromatic heterocycles. The molecular formula is C17H12FNO. The summed E-state index contributed by atoms with van der Waals surface area (Å²) in [6.07, 6.45) is 3.41. The number of hydrogen-bond donors (Lipinski definition) is 0. The number of Topliss-reactive ketones (excluding diaryl/α,β-unsaturated/α-hetero) is 1. The zero-order valence-electron chi connectivity index (χ0n) is 10.7. The van der Waals surface area contributed by atoms with E-state index in [4.69, 9.17) is 0 Å². The Kier molecular flexibility index (Phi) is 3.25. The number of hydrogen-bond acceptors (Lipinski definition) is 2. The van der Waals surface area contributed by atoms with Crippen molar-refractivity contribution in [3.05, 3.63) is 77.9 Å². The van der Waals surface area contributed by atoms with Gasteiger partial charge in [-0.15, -0.1) is 0 Å². The van der Waals surface area contributed by atoms with Crippen molar-refractivity contribution in [3.63, 3.8) is 0 Å². The van der Waals surface area contributed by atoms with Crippen LogP contribution in [0.4, 0.5) is 4.39 Å². The van der Waals surface area contributed by atoms with Gasteiger partial charge in [-0.25, -0.2) is 4.39 Å². The number of pyridine rings is 1. The van der Waals surface area contributed by atoms with Crippen LogP contribution in [-0.2, 0) is 6.42 Å². The molecule has 1 heterocycles. The number of carbonyl (C=O) groups is 1. The van der Waals surface area contributed by atoms with Gasteiger partial charge in [0.2, 0.25) is 0 Å². The standard InChI is InChI=1S/C17H12FNO/c18-16-7-2-1-4-13(16)10-17(20)14-6-3-5-12-8-9-19-11-15(12)14/h1-9,11H,10H2. The highest BCUT2D eigenvalue weighted by Gasteiger charge is 2.12. The van der Waals surface area contributed by atoms with E-state index in [2.05, 4.69) is 4.98 Å². The van der Waals surface area contributed by atoms with Crippen molar-refractivity contribution in [1.82, 2.24) is 4.98 Å². The topological polar surface area (TPSA) is 30.0 Å². The smallest absolute Gasteiger partial charge is 0.168 e. The van der Waals surface area contributed by atoms with Crippen molar-refractivity contribution in [2.24, 2.45) is 0 Å². The number of halogens is 1. The van der Waals surface area contributed by atoms with E-state index < -0.39 is 0 Å². The number of ketones is 1. The lowest BCUT2D eigenvalue weighted by molar-refractivity contribution is 0.0993. The molecule has 0 unspecified atom stereocenters. The van der Waals surface area contributed by atoms with Crippen LogP contribution in [0.3, 0.4) is 0 Å². The Morgan fingerprint density at radius 3 is 2.75 bits per heavy atom. The SMILES string of the molecule is O=C(Cc1ccccc1F)c1cccc2ccncc12. The predicted molar refractivity (Wildman–Crippen MR) is 76.2 cm³/mol. The molecular weight excluding hydrogens is 253 g/mol.